The lowest BCUT2D eigenvalue weighted by molar-refractivity contribution is -0.0937. The number of pyridine rings is 1. The molecule has 6 nitrogen and oxygen atoms in total. The van der Waals surface area contributed by atoms with Crippen molar-refractivity contribution >= 4 is 29.0 Å². The number of nitrogen functional groups attached to an aromatic ring is 1. The lowest BCUT2D eigenvalue weighted by Crippen LogP contribution is -2.46. The van der Waals surface area contributed by atoms with Crippen molar-refractivity contribution < 1.29 is 13.9 Å². The van der Waals surface area contributed by atoms with E-state index in [1.807, 2.05) is 26.1 Å². The number of aromatic nitrogens is 3. The Labute approximate surface area is 215 Å². The summed E-state index contributed by atoms with van der Waals surface area (Å²) in [5, 5.41) is 4.92. The Kier molecular flexibility index (Phi) is 7.89. The molecule has 1 aliphatic heterocycles. The van der Waals surface area contributed by atoms with Crippen LogP contribution in [-0.2, 0) is 4.74 Å². The van der Waals surface area contributed by atoms with Crippen molar-refractivity contribution in [2.45, 2.75) is 58.6 Å². The predicted octanol–water partition coefficient (Wildman–Crippen LogP) is 7.27. The summed E-state index contributed by atoms with van der Waals surface area (Å²) in [4.78, 5) is 4.30. The molecule has 188 valence electrons. The van der Waals surface area contributed by atoms with Crippen LogP contribution in [0, 0.1) is 11.2 Å². The monoisotopic (exact) mass is 520 g/mol. The zero-order valence-corrected chi connectivity index (χ0v) is 21.7. The third-order valence-electron chi connectivity index (χ3n) is 6.91. The number of nitrogens with two attached hydrogens (primary N) is 1. The highest BCUT2D eigenvalue weighted by Crippen LogP contribution is 2.52. The molecule has 2 fully saturated rings. The SMILES string of the molecule is CC.CC(Oc1cc(-c2cnn(C3CCOCC34CCC4)c2)cnc1N)c1c(Cl)ccc(F)c1Cl. The fraction of sp³-hybridized carbons (Fsp3) is 0.462. The molecule has 9 heteroatoms. The number of nitrogens with zero attached hydrogens (tertiary/aromatic N) is 3. The fourth-order valence-corrected chi connectivity index (χ4v) is 5.60. The van der Waals surface area contributed by atoms with E-state index in [9.17, 15) is 4.39 Å². The van der Waals surface area contributed by atoms with E-state index < -0.39 is 11.9 Å². The zero-order chi connectivity index (χ0) is 25.2. The Balaban J connectivity index is 0.00000141. The number of hydrogen-bond donors (Lipinski definition) is 1. The van der Waals surface area contributed by atoms with Crippen LogP contribution in [0.25, 0.3) is 11.1 Å². The van der Waals surface area contributed by atoms with Crippen LogP contribution in [0.5, 0.6) is 5.75 Å². The molecular formula is C26H31Cl2FN4O2. The first-order valence-corrected chi connectivity index (χ1v) is 12.8. The summed E-state index contributed by atoms with van der Waals surface area (Å²) >= 11 is 12.4. The zero-order valence-electron chi connectivity index (χ0n) is 20.2. The summed E-state index contributed by atoms with van der Waals surface area (Å²) in [7, 11) is 0. The quantitative estimate of drug-likeness (QED) is 0.358. The third kappa shape index (κ3) is 4.99. The summed E-state index contributed by atoms with van der Waals surface area (Å²) in [6.07, 6.45) is 9.51. The van der Waals surface area contributed by atoms with E-state index in [1.165, 1.54) is 31.4 Å². The molecule has 2 unspecified atom stereocenters. The Hall–Kier alpha value is -2.35. The molecule has 1 aliphatic carbocycles. The number of anilines is 1. The molecule has 2 aliphatic rings. The molecular weight excluding hydrogens is 490 g/mol. The van der Waals surface area contributed by atoms with Crippen LogP contribution in [0.3, 0.4) is 0 Å². The van der Waals surface area contributed by atoms with Gasteiger partial charge in [0.15, 0.2) is 11.6 Å². The fourth-order valence-electron chi connectivity index (χ4n) is 4.92. The second-order valence-electron chi connectivity index (χ2n) is 8.91. The van der Waals surface area contributed by atoms with Crippen molar-refractivity contribution in [3.63, 3.8) is 0 Å². The van der Waals surface area contributed by atoms with Crippen molar-refractivity contribution in [1.82, 2.24) is 14.8 Å². The van der Waals surface area contributed by atoms with Gasteiger partial charge in [0.05, 0.1) is 23.9 Å². The number of halogens is 3. The van der Waals surface area contributed by atoms with E-state index in [0.717, 1.165) is 30.8 Å². The van der Waals surface area contributed by atoms with Gasteiger partial charge in [-0.15, -0.1) is 0 Å². The van der Waals surface area contributed by atoms with Gasteiger partial charge in [0.25, 0.3) is 0 Å². The van der Waals surface area contributed by atoms with E-state index in [0.29, 0.717) is 22.4 Å². The van der Waals surface area contributed by atoms with Gasteiger partial charge in [0.2, 0.25) is 0 Å². The highest BCUT2D eigenvalue weighted by molar-refractivity contribution is 6.36. The summed E-state index contributed by atoms with van der Waals surface area (Å²) in [6, 6.07) is 4.82. The number of rotatable bonds is 5. The maximum Gasteiger partial charge on any atom is 0.166 e. The van der Waals surface area contributed by atoms with Gasteiger partial charge in [-0.25, -0.2) is 9.37 Å². The van der Waals surface area contributed by atoms with Gasteiger partial charge in [-0.2, -0.15) is 5.10 Å². The van der Waals surface area contributed by atoms with Crippen molar-refractivity contribution in [2.24, 2.45) is 5.41 Å². The largest absolute Gasteiger partial charge is 0.482 e. The highest BCUT2D eigenvalue weighted by atomic mass is 35.5. The number of hydrogen-bond acceptors (Lipinski definition) is 5. The van der Waals surface area contributed by atoms with Gasteiger partial charge in [0, 0.05) is 46.1 Å². The predicted molar refractivity (Wildman–Crippen MR) is 137 cm³/mol. The second kappa shape index (κ2) is 10.7. The first kappa shape index (κ1) is 25.7. The molecule has 0 radical (unpaired) electrons. The van der Waals surface area contributed by atoms with Crippen molar-refractivity contribution in [3.8, 4) is 16.9 Å². The van der Waals surface area contributed by atoms with Crippen LogP contribution in [-0.4, -0.2) is 28.0 Å². The summed E-state index contributed by atoms with van der Waals surface area (Å²) in [6.45, 7) is 7.30. The van der Waals surface area contributed by atoms with Crippen LogP contribution in [0.1, 0.15) is 64.2 Å². The minimum absolute atomic E-state index is 0.0691. The smallest absolute Gasteiger partial charge is 0.166 e. The molecule has 3 heterocycles. The van der Waals surface area contributed by atoms with E-state index in [-0.39, 0.29) is 16.3 Å². The van der Waals surface area contributed by atoms with Crippen molar-refractivity contribution in [1.29, 1.82) is 0 Å². The maximum atomic E-state index is 14.0. The highest BCUT2D eigenvalue weighted by Gasteiger charge is 2.47. The summed E-state index contributed by atoms with van der Waals surface area (Å²) < 4.78 is 27.8. The molecule has 1 spiro atoms. The molecule has 2 atom stereocenters. The van der Waals surface area contributed by atoms with Crippen LogP contribution < -0.4 is 10.5 Å². The van der Waals surface area contributed by atoms with Crippen LogP contribution >= 0.6 is 23.2 Å². The number of benzene rings is 1. The molecule has 3 aromatic rings. The molecule has 35 heavy (non-hydrogen) atoms. The summed E-state index contributed by atoms with van der Waals surface area (Å²) in [5.41, 5.74) is 8.38. The number of ether oxygens (including phenoxy) is 2. The molecule has 1 saturated heterocycles. The van der Waals surface area contributed by atoms with Gasteiger partial charge in [-0.1, -0.05) is 43.5 Å². The Morgan fingerprint density at radius 3 is 2.71 bits per heavy atom. The van der Waals surface area contributed by atoms with E-state index in [1.54, 1.807) is 13.1 Å². The van der Waals surface area contributed by atoms with E-state index >= 15 is 0 Å². The van der Waals surface area contributed by atoms with Gasteiger partial charge in [-0.3, -0.25) is 4.68 Å². The normalized spacial score (nSPS) is 19.4. The van der Waals surface area contributed by atoms with Crippen molar-refractivity contribution in [3.05, 3.63) is 58.2 Å². The van der Waals surface area contributed by atoms with Gasteiger partial charge >= 0.3 is 0 Å². The van der Waals surface area contributed by atoms with Crippen LogP contribution in [0.15, 0.2) is 36.8 Å². The molecule has 1 aromatic carbocycles. The standard InChI is InChI=1S/C24H25Cl2FN4O2.C2H6/c1-14(21-17(25)3-4-18(27)22(21)26)33-19-9-15(10-29-23(19)28)16-11-30-31(12-16)20-5-8-32-13-24(20)6-2-7-24;1-2/h3-4,9-12,14,20H,2,5-8,13H2,1H3,(H2,28,29);1-2H3. The average Bonchev–Trinajstić information content (AvgIpc) is 3.33. The van der Waals surface area contributed by atoms with Gasteiger partial charge < -0.3 is 15.2 Å². The lowest BCUT2D eigenvalue weighted by atomic mass is 9.63. The average molecular weight is 521 g/mol. The van der Waals surface area contributed by atoms with Crippen LogP contribution in [0.4, 0.5) is 10.2 Å². The maximum absolute atomic E-state index is 14.0. The Morgan fingerprint density at radius 1 is 1.23 bits per heavy atom. The van der Waals surface area contributed by atoms with E-state index in [2.05, 4.69) is 21.0 Å². The van der Waals surface area contributed by atoms with Crippen molar-refractivity contribution in [2.75, 3.05) is 18.9 Å². The molecule has 5 rings (SSSR count). The third-order valence-corrected chi connectivity index (χ3v) is 7.62. The molecule has 0 amide bonds. The van der Waals surface area contributed by atoms with E-state index in [4.69, 9.17) is 38.4 Å². The molecule has 2 aromatic heterocycles. The molecule has 1 saturated carbocycles. The first-order chi connectivity index (χ1) is 16.9. The minimum atomic E-state index is -0.636. The summed E-state index contributed by atoms with van der Waals surface area (Å²) in [5.74, 6) is 0.0290. The first-order valence-electron chi connectivity index (χ1n) is 12.1. The molecule has 2 N–H and O–H groups in total. The lowest BCUT2D eigenvalue weighted by Gasteiger charge is -2.50. The second-order valence-corrected chi connectivity index (χ2v) is 9.69. The Bertz CT molecular complexity index is 1180. The van der Waals surface area contributed by atoms with Crippen LogP contribution in [0.2, 0.25) is 10.0 Å². The van der Waals surface area contributed by atoms with Gasteiger partial charge in [-0.05, 0) is 44.4 Å². The topological polar surface area (TPSA) is 75.2 Å². The minimum Gasteiger partial charge on any atom is -0.482 e. The Morgan fingerprint density at radius 2 is 2.00 bits per heavy atom. The molecule has 0 bridgehead atoms. The van der Waals surface area contributed by atoms with Gasteiger partial charge in [0.1, 0.15) is 11.9 Å².